The van der Waals surface area contributed by atoms with Crippen molar-refractivity contribution < 1.29 is 14.6 Å². The Balaban J connectivity index is 2.12. The molecule has 0 radical (unpaired) electrons. The Bertz CT molecular complexity index is 466. The standard InChI is InChI=1S/C16H23NO3/c1-15(2,3)20-14(19)17-10-9-16(11-17,12-18)13-7-5-4-6-8-13/h4-8,18H,9-12H2,1-3H3/t16-/m1/s1. The molecule has 1 aromatic rings. The van der Waals surface area contributed by atoms with Gasteiger partial charge in [-0.1, -0.05) is 30.3 Å². The predicted octanol–water partition coefficient (Wildman–Crippen LogP) is 2.56. The van der Waals surface area contributed by atoms with E-state index < -0.39 is 5.60 Å². The molecule has 1 atom stereocenters. The van der Waals surface area contributed by atoms with E-state index in [0.29, 0.717) is 13.1 Å². The minimum Gasteiger partial charge on any atom is -0.444 e. The Morgan fingerprint density at radius 2 is 2.00 bits per heavy atom. The van der Waals surface area contributed by atoms with Crippen molar-refractivity contribution in [3.63, 3.8) is 0 Å². The molecule has 1 aliphatic rings. The van der Waals surface area contributed by atoms with Crippen LogP contribution in [-0.4, -0.2) is 41.4 Å². The number of nitrogens with zero attached hydrogens (tertiary/aromatic N) is 1. The summed E-state index contributed by atoms with van der Waals surface area (Å²) in [6, 6.07) is 9.89. The summed E-state index contributed by atoms with van der Waals surface area (Å²) in [5.74, 6) is 0. The summed E-state index contributed by atoms with van der Waals surface area (Å²) in [6.45, 7) is 6.73. The summed E-state index contributed by atoms with van der Waals surface area (Å²) in [4.78, 5) is 13.8. The summed E-state index contributed by atoms with van der Waals surface area (Å²) >= 11 is 0. The predicted molar refractivity (Wildman–Crippen MR) is 77.6 cm³/mol. The van der Waals surface area contributed by atoms with Crippen LogP contribution in [-0.2, 0) is 10.2 Å². The molecular weight excluding hydrogens is 254 g/mol. The van der Waals surface area contributed by atoms with E-state index in [1.54, 1.807) is 4.90 Å². The van der Waals surface area contributed by atoms with Gasteiger partial charge in [0.15, 0.2) is 0 Å². The van der Waals surface area contributed by atoms with Gasteiger partial charge in [-0.15, -0.1) is 0 Å². The largest absolute Gasteiger partial charge is 0.444 e. The molecule has 0 saturated carbocycles. The third kappa shape index (κ3) is 3.12. The molecule has 1 N–H and O–H groups in total. The topological polar surface area (TPSA) is 49.8 Å². The number of aliphatic hydroxyl groups is 1. The number of ether oxygens (including phenoxy) is 1. The van der Waals surface area contributed by atoms with Crippen molar-refractivity contribution in [1.29, 1.82) is 0 Å². The fourth-order valence-electron chi connectivity index (χ4n) is 2.60. The second-order valence-corrected chi connectivity index (χ2v) is 6.46. The van der Waals surface area contributed by atoms with Crippen molar-refractivity contribution in [2.24, 2.45) is 0 Å². The first kappa shape index (κ1) is 14.9. The molecule has 1 aliphatic heterocycles. The lowest BCUT2D eigenvalue weighted by molar-refractivity contribution is 0.0277. The van der Waals surface area contributed by atoms with Crippen LogP contribution < -0.4 is 0 Å². The highest BCUT2D eigenvalue weighted by Crippen LogP contribution is 2.34. The van der Waals surface area contributed by atoms with Crippen LogP contribution in [0.25, 0.3) is 0 Å². The fourth-order valence-corrected chi connectivity index (χ4v) is 2.60. The van der Waals surface area contributed by atoms with Crippen molar-refractivity contribution >= 4 is 6.09 Å². The van der Waals surface area contributed by atoms with Gasteiger partial charge in [0.05, 0.1) is 6.61 Å². The summed E-state index contributed by atoms with van der Waals surface area (Å²) in [5, 5.41) is 9.82. The van der Waals surface area contributed by atoms with Crippen molar-refractivity contribution in [2.45, 2.75) is 38.2 Å². The van der Waals surface area contributed by atoms with Crippen LogP contribution in [0.15, 0.2) is 30.3 Å². The first-order valence-corrected chi connectivity index (χ1v) is 7.01. The van der Waals surface area contributed by atoms with E-state index in [1.165, 1.54) is 0 Å². The maximum Gasteiger partial charge on any atom is 0.410 e. The molecule has 1 fully saturated rings. The Kier molecular flexibility index (Phi) is 4.04. The Hall–Kier alpha value is -1.55. The van der Waals surface area contributed by atoms with Crippen LogP contribution in [0.5, 0.6) is 0 Å². The van der Waals surface area contributed by atoms with Crippen LogP contribution in [0.2, 0.25) is 0 Å². The molecule has 0 aliphatic carbocycles. The van der Waals surface area contributed by atoms with E-state index >= 15 is 0 Å². The van der Waals surface area contributed by atoms with E-state index in [-0.39, 0.29) is 18.1 Å². The maximum absolute atomic E-state index is 12.1. The first-order valence-electron chi connectivity index (χ1n) is 7.01. The molecule has 0 bridgehead atoms. The molecule has 1 amide bonds. The van der Waals surface area contributed by atoms with Crippen molar-refractivity contribution in [1.82, 2.24) is 4.90 Å². The monoisotopic (exact) mass is 277 g/mol. The van der Waals surface area contributed by atoms with E-state index in [1.807, 2.05) is 51.1 Å². The highest BCUT2D eigenvalue weighted by molar-refractivity contribution is 5.69. The average Bonchev–Trinajstić information content (AvgIpc) is 2.84. The van der Waals surface area contributed by atoms with E-state index in [9.17, 15) is 9.90 Å². The molecule has 0 spiro atoms. The first-order chi connectivity index (χ1) is 9.36. The Morgan fingerprint density at radius 3 is 2.55 bits per heavy atom. The molecule has 110 valence electrons. The van der Waals surface area contributed by atoms with Crippen LogP contribution in [0.1, 0.15) is 32.8 Å². The van der Waals surface area contributed by atoms with Gasteiger partial charge in [0.2, 0.25) is 0 Å². The van der Waals surface area contributed by atoms with Gasteiger partial charge in [0.25, 0.3) is 0 Å². The van der Waals surface area contributed by atoms with Gasteiger partial charge in [-0.25, -0.2) is 4.79 Å². The van der Waals surface area contributed by atoms with Crippen LogP contribution in [0.3, 0.4) is 0 Å². The van der Waals surface area contributed by atoms with Gasteiger partial charge in [0.1, 0.15) is 5.60 Å². The quantitative estimate of drug-likeness (QED) is 0.904. The normalized spacial score (nSPS) is 22.9. The zero-order chi connectivity index (χ0) is 14.8. The van der Waals surface area contributed by atoms with Crippen LogP contribution in [0, 0.1) is 0 Å². The molecule has 2 rings (SSSR count). The van der Waals surface area contributed by atoms with Gasteiger partial charge in [-0.2, -0.15) is 0 Å². The average molecular weight is 277 g/mol. The third-order valence-electron chi connectivity index (χ3n) is 3.69. The highest BCUT2D eigenvalue weighted by Gasteiger charge is 2.42. The van der Waals surface area contributed by atoms with Gasteiger partial charge in [0, 0.05) is 18.5 Å². The molecular formula is C16H23NO3. The zero-order valence-corrected chi connectivity index (χ0v) is 12.4. The number of rotatable bonds is 2. The lowest BCUT2D eigenvalue weighted by Crippen LogP contribution is -2.39. The molecule has 4 nitrogen and oxygen atoms in total. The van der Waals surface area contributed by atoms with E-state index in [2.05, 4.69) is 0 Å². The number of carbonyl (C=O) groups excluding carboxylic acids is 1. The highest BCUT2D eigenvalue weighted by atomic mass is 16.6. The molecule has 20 heavy (non-hydrogen) atoms. The van der Waals surface area contributed by atoms with Crippen LogP contribution in [0.4, 0.5) is 4.79 Å². The van der Waals surface area contributed by atoms with Crippen LogP contribution >= 0.6 is 0 Å². The number of amides is 1. The van der Waals surface area contributed by atoms with Crippen molar-refractivity contribution in [3.8, 4) is 0 Å². The number of hydrogen-bond donors (Lipinski definition) is 1. The second kappa shape index (κ2) is 5.44. The fraction of sp³-hybridized carbons (Fsp3) is 0.562. The molecule has 1 saturated heterocycles. The summed E-state index contributed by atoms with van der Waals surface area (Å²) < 4.78 is 5.40. The summed E-state index contributed by atoms with van der Waals surface area (Å²) in [6.07, 6.45) is 0.455. The number of aliphatic hydroxyl groups excluding tert-OH is 1. The Morgan fingerprint density at radius 1 is 1.35 bits per heavy atom. The zero-order valence-electron chi connectivity index (χ0n) is 12.4. The molecule has 1 aromatic carbocycles. The number of benzene rings is 1. The lowest BCUT2D eigenvalue weighted by atomic mass is 9.80. The van der Waals surface area contributed by atoms with Gasteiger partial charge in [-0.05, 0) is 32.8 Å². The summed E-state index contributed by atoms with van der Waals surface area (Å²) in [5.41, 5.74) is 0.223. The smallest absolute Gasteiger partial charge is 0.410 e. The van der Waals surface area contributed by atoms with E-state index in [0.717, 1.165) is 12.0 Å². The van der Waals surface area contributed by atoms with Gasteiger partial charge >= 0.3 is 6.09 Å². The SMILES string of the molecule is CC(C)(C)OC(=O)N1CC[C@@](CO)(c2ccccc2)C1. The minimum atomic E-state index is -0.492. The number of carbonyl (C=O) groups is 1. The van der Waals surface area contributed by atoms with Gasteiger partial charge < -0.3 is 14.7 Å². The lowest BCUT2D eigenvalue weighted by Gasteiger charge is -2.29. The van der Waals surface area contributed by atoms with Crippen molar-refractivity contribution in [2.75, 3.05) is 19.7 Å². The summed E-state index contributed by atoms with van der Waals surface area (Å²) in [7, 11) is 0. The second-order valence-electron chi connectivity index (χ2n) is 6.46. The maximum atomic E-state index is 12.1. The van der Waals surface area contributed by atoms with Crippen molar-refractivity contribution in [3.05, 3.63) is 35.9 Å². The Labute approximate surface area is 120 Å². The number of likely N-dealkylation sites (tertiary alicyclic amines) is 1. The van der Waals surface area contributed by atoms with E-state index in [4.69, 9.17) is 4.74 Å². The van der Waals surface area contributed by atoms with Gasteiger partial charge in [-0.3, -0.25) is 0 Å². The molecule has 0 aromatic heterocycles. The number of hydrogen-bond acceptors (Lipinski definition) is 3. The third-order valence-corrected chi connectivity index (χ3v) is 3.69. The minimum absolute atomic E-state index is 0.0380. The molecule has 4 heteroatoms. The molecule has 1 heterocycles. The molecule has 0 unspecified atom stereocenters.